The average molecular weight is 213 g/mol. The summed E-state index contributed by atoms with van der Waals surface area (Å²) >= 11 is 0. The van der Waals surface area contributed by atoms with Gasteiger partial charge in [-0.2, -0.15) is 0 Å². The fraction of sp³-hybridized carbons (Fsp3) is 0.333. The van der Waals surface area contributed by atoms with Crippen LogP contribution in [0.5, 0.6) is 0 Å². The van der Waals surface area contributed by atoms with Gasteiger partial charge in [-0.25, -0.2) is 0 Å². The molecule has 16 heavy (non-hydrogen) atoms. The lowest BCUT2D eigenvalue weighted by Crippen LogP contribution is -2.12. The third-order valence-electron chi connectivity index (χ3n) is 2.99. The standard InChI is InChI=1S/C15H19N/c1-10(2)7-13-9-16-15-8-11(3)5-6-14(15)12(13)4/h5-8,16H,9H2,1-4H3. The van der Waals surface area contributed by atoms with E-state index in [1.807, 2.05) is 0 Å². The Morgan fingerprint density at radius 1 is 1.25 bits per heavy atom. The summed E-state index contributed by atoms with van der Waals surface area (Å²) in [6.45, 7) is 9.57. The quantitative estimate of drug-likeness (QED) is 0.738. The Labute approximate surface area is 97.9 Å². The average Bonchev–Trinajstić information content (AvgIpc) is 2.22. The fourth-order valence-corrected chi connectivity index (χ4v) is 2.14. The molecule has 0 fully saturated rings. The van der Waals surface area contributed by atoms with Gasteiger partial charge in [0.1, 0.15) is 0 Å². The number of aryl methyl sites for hydroxylation is 1. The van der Waals surface area contributed by atoms with Crippen molar-refractivity contribution in [3.63, 3.8) is 0 Å². The summed E-state index contributed by atoms with van der Waals surface area (Å²) < 4.78 is 0. The number of rotatable bonds is 1. The molecule has 1 N–H and O–H groups in total. The third-order valence-corrected chi connectivity index (χ3v) is 2.99. The van der Waals surface area contributed by atoms with E-state index < -0.39 is 0 Å². The summed E-state index contributed by atoms with van der Waals surface area (Å²) in [5, 5.41) is 3.49. The second-order valence-electron chi connectivity index (χ2n) is 4.77. The monoisotopic (exact) mass is 213 g/mol. The van der Waals surface area contributed by atoms with Gasteiger partial charge in [-0.15, -0.1) is 0 Å². The number of fused-ring (bicyclic) bond motifs is 1. The lowest BCUT2D eigenvalue weighted by molar-refractivity contribution is 1.19. The van der Waals surface area contributed by atoms with Crippen molar-refractivity contribution in [2.45, 2.75) is 27.7 Å². The smallest absolute Gasteiger partial charge is 0.0421 e. The van der Waals surface area contributed by atoms with Crippen LogP contribution in [0.4, 0.5) is 5.69 Å². The van der Waals surface area contributed by atoms with Crippen LogP contribution in [-0.4, -0.2) is 6.54 Å². The Kier molecular flexibility index (Phi) is 2.86. The molecule has 1 heterocycles. The molecule has 1 aromatic rings. The highest BCUT2D eigenvalue weighted by Crippen LogP contribution is 2.32. The summed E-state index contributed by atoms with van der Waals surface area (Å²) in [5.74, 6) is 0. The maximum Gasteiger partial charge on any atom is 0.0421 e. The van der Waals surface area contributed by atoms with Gasteiger partial charge in [0.25, 0.3) is 0 Å². The number of nitrogens with one attached hydrogen (secondary N) is 1. The first-order valence-corrected chi connectivity index (χ1v) is 5.77. The predicted octanol–water partition coefficient (Wildman–Crippen LogP) is 4.16. The highest BCUT2D eigenvalue weighted by molar-refractivity contribution is 5.82. The first-order chi connectivity index (χ1) is 7.58. The Hall–Kier alpha value is -1.50. The molecule has 0 atom stereocenters. The topological polar surface area (TPSA) is 12.0 Å². The molecule has 0 radical (unpaired) electrons. The molecule has 2 rings (SSSR count). The summed E-state index contributed by atoms with van der Waals surface area (Å²) in [6.07, 6.45) is 2.27. The highest BCUT2D eigenvalue weighted by Gasteiger charge is 2.13. The van der Waals surface area contributed by atoms with E-state index in [4.69, 9.17) is 0 Å². The maximum absolute atomic E-state index is 3.49. The van der Waals surface area contributed by atoms with Crippen molar-refractivity contribution in [3.05, 3.63) is 46.5 Å². The molecule has 0 amide bonds. The number of anilines is 1. The van der Waals surface area contributed by atoms with Gasteiger partial charge >= 0.3 is 0 Å². The van der Waals surface area contributed by atoms with Crippen molar-refractivity contribution in [2.24, 2.45) is 0 Å². The Bertz CT molecular complexity index is 474. The van der Waals surface area contributed by atoms with Gasteiger partial charge in [-0.3, -0.25) is 0 Å². The van der Waals surface area contributed by atoms with Gasteiger partial charge in [0.15, 0.2) is 0 Å². The Balaban J connectivity index is 2.50. The Morgan fingerprint density at radius 3 is 2.69 bits per heavy atom. The van der Waals surface area contributed by atoms with Gasteiger partial charge < -0.3 is 5.32 Å². The largest absolute Gasteiger partial charge is 0.380 e. The predicted molar refractivity (Wildman–Crippen MR) is 71.7 cm³/mol. The van der Waals surface area contributed by atoms with Crippen molar-refractivity contribution in [3.8, 4) is 0 Å². The minimum atomic E-state index is 0.938. The van der Waals surface area contributed by atoms with Crippen molar-refractivity contribution < 1.29 is 0 Å². The number of hydrogen-bond acceptors (Lipinski definition) is 1. The van der Waals surface area contributed by atoms with Crippen molar-refractivity contribution in [2.75, 3.05) is 11.9 Å². The van der Waals surface area contributed by atoms with E-state index >= 15 is 0 Å². The first kappa shape index (κ1) is 11.0. The van der Waals surface area contributed by atoms with Gasteiger partial charge in [0.05, 0.1) is 0 Å². The molecule has 84 valence electrons. The molecule has 1 aliphatic heterocycles. The molecule has 0 unspecified atom stereocenters. The summed E-state index contributed by atoms with van der Waals surface area (Å²) in [5.41, 5.74) is 8.07. The lowest BCUT2D eigenvalue weighted by Gasteiger charge is -2.22. The molecule has 0 saturated heterocycles. The molecular formula is C15H19N. The minimum Gasteiger partial charge on any atom is -0.380 e. The molecule has 1 nitrogen and oxygen atoms in total. The molecule has 0 aromatic heterocycles. The number of hydrogen-bond donors (Lipinski definition) is 1. The van der Waals surface area contributed by atoms with Crippen LogP contribution in [0.25, 0.3) is 5.57 Å². The van der Waals surface area contributed by atoms with Crippen LogP contribution in [0, 0.1) is 6.92 Å². The molecule has 0 saturated carbocycles. The highest BCUT2D eigenvalue weighted by atomic mass is 14.9. The normalized spacial score (nSPS) is 14.2. The van der Waals surface area contributed by atoms with Gasteiger partial charge in [0, 0.05) is 17.8 Å². The van der Waals surface area contributed by atoms with Crippen LogP contribution in [0.15, 0.2) is 35.4 Å². The number of allylic oxidation sites excluding steroid dienone is 2. The van der Waals surface area contributed by atoms with Crippen molar-refractivity contribution in [1.29, 1.82) is 0 Å². The van der Waals surface area contributed by atoms with Crippen molar-refractivity contribution >= 4 is 11.3 Å². The van der Waals surface area contributed by atoms with E-state index in [2.05, 4.69) is 57.3 Å². The van der Waals surface area contributed by atoms with Gasteiger partial charge in [0.2, 0.25) is 0 Å². The zero-order valence-corrected chi connectivity index (χ0v) is 10.5. The van der Waals surface area contributed by atoms with Crippen LogP contribution < -0.4 is 5.32 Å². The molecule has 1 aromatic carbocycles. The van der Waals surface area contributed by atoms with Gasteiger partial charge in [-0.1, -0.05) is 23.8 Å². The van der Waals surface area contributed by atoms with Gasteiger partial charge in [-0.05, 0) is 50.5 Å². The van der Waals surface area contributed by atoms with Crippen LogP contribution in [0.3, 0.4) is 0 Å². The fourth-order valence-electron chi connectivity index (χ4n) is 2.14. The molecule has 0 bridgehead atoms. The maximum atomic E-state index is 3.49. The van der Waals surface area contributed by atoms with Crippen LogP contribution >= 0.6 is 0 Å². The second kappa shape index (κ2) is 4.17. The molecular weight excluding hydrogens is 194 g/mol. The third kappa shape index (κ3) is 2.04. The van der Waals surface area contributed by atoms with Crippen LogP contribution in [0.1, 0.15) is 31.9 Å². The second-order valence-corrected chi connectivity index (χ2v) is 4.77. The van der Waals surface area contributed by atoms with E-state index in [0.717, 1.165) is 6.54 Å². The molecule has 1 heteroatoms. The Morgan fingerprint density at radius 2 is 2.00 bits per heavy atom. The lowest BCUT2D eigenvalue weighted by atomic mass is 9.94. The van der Waals surface area contributed by atoms with E-state index in [9.17, 15) is 0 Å². The zero-order valence-electron chi connectivity index (χ0n) is 10.5. The molecule has 0 spiro atoms. The molecule has 1 aliphatic rings. The number of benzene rings is 1. The summed E-state index contributed by atoms with van der Waals surface area (Å²) in [6, 6.07) is 6.61. The summed E-state index contributed by atoms with van der Waals surface area (Å²) in [7, 11) is 0. The summed E-state index contributed by atoms with van der Waals surface area (Å²) in [4.78, 5) is 0. The van der Waals surface area contributed by atoms with Crippen LogP contribution in [-0.2, 0) is 0 Å². The first-order valence-electron chi connectivity index (χ1n) is 5.77. The van der Waals surface area contributed by atoms with Crippen LogP contribution in [0.2, 0.25) is 0 Å². The van der Waals surface area contributed by atoms with E-state index in [0.29, 0.717) is 0 Å². The minimum absolute atomic E-state index is 0.938. The molecule has 0 aliphatic carbocycles. The SMILES string of the molecule is CC(C)=CC1=C(C)c2ccc(C)cc2NC1. The van der Waals surface area contributed by atoms with E-state index in [-0.39, 0.29) is 0 Å². The van der Waals surface area contributed by atoms with Crippen molar-refractivity contribution in [1.82, 2.24) is 0 Å². The van der Waals surface area contributed by atoms with E-state index in [1.165, 1.54) is 33.5 Å². The zero-order chi connectivity index (χ0) is 11.7. The van der Waals surface area contributed by atoms with E-state index in [1.54, 1.807) is 0 Å².